The van der Waals surface area contributed by atoms with Gasteiger partial charge in [-0.05, 0) is 37.5 Å². The minimum Gasteiger partial charge on any atom is -0.324 e. The molecule has 7 nitrogen and oxygen atoms in total. The van der Waals surface area contributed by atoms with Crippen LogP contribution in [0.15, 0.2) is 36.4 Å². The summed E-state index contributed by atoms with van der Waals surface area (Å²) in [4.78, 5) is 43.6. The van der Waals surface area contributed by atoms with Crippen LogP contribution in [0.5, 0.6) is 0 Å². The lowest BCUT2D eigenvalue weighted by atomic mass is 9.84. The highest BCUT2D eigenvalue weighted by Crippen LogP contribution is 2.25. The second-order valence-corrected chi connectivity index (χ2v) is 7.73. The number of rotatable bonds is 6. The summed E-state index contributed by atoms with van der Waals surface area (Å²) >= 11 is 0. The van der Waals surface area contributed by atoms with Crippen molar-refractivity contribution in [3.8, 4) is 0 Å². The van der Waals surface area contributed by atoms with Gasteiger partial charge in [-0.15, -0.1) is 0 Å². The number of hydrogen-bond donors (Lipinski definition) is 2. The number of Topliss-reactive ketones (excluding diaryl/α,β-unsaturated/α-hetero) is 1. The van der Waals surface area contributed by atoms with Crippen LogP contribution in [0.1, 0.15) is 40.0 Å². The van der Waals surface area contributed by atoms with Gasteiger partial charge in [0.1, 0.15) is 11.9 Å². The molecule has 0 bridgehead atoms. The van der Waals surface area contributed by atoms with Crippen LogP contribution in [0.25, 0.3) is 10.9 Å². The van der Waals surface area contributed by atoms with Gasteiger partial charge in [-0.3, -0.25) is 25.2 Å². The van der Waals surface area contributed by atoms with Gasteiger partial charge in [0.15, 0.2) is 0 Å². The van der Waals surface area contributed by atoms with Crippen molar-refractivity contribution < 1.29 is 14.4 Å². The van der Waals surface area contributed by atoms with E-state index in [0.29, 0.717) is 31.6 Å². The molecule has 28 heavy (non-hydrogen) atoms. The van der Waals surface area contributed by atoms with E-state index in [9.17, 15) is 14.4 Å². The Kier molecular flexibility index (Phi) is 5.63. The van der Waals surface area contributed by atoms with Gasteiger partial charge in [0.2, 0.25) is 5.78 Å². The highest BCUT2D eigenvalue weighted by atomic mass is 16.2. The fourth-order valence-electron chi connectivity index (χ4n) is 3.21. The Labute approximate surface area is 164 Å². The maximum atomic E-state index is 12.7. The molecule has 1 aromatic carbocycles. The number of pyridine rings is 1. The molecule has 7 heteroatoms. The summed E-state index contributed by atoms with van der Waals surface area (Å²) in [6, 6.07) is 10.7. The minimum absolute atomic E-state index is 0.345. The first-order valence-corrected chi connectivity index (χ1v) is 9.60. The number of carbonyl (C=O) groups is 3. The highest BCUT2D eigenvalue weighted by Gasteiger charge is 2.41. The van der Waals surface area contributed by atoms with E-state index in [1.807, 2.05) is 37.3 Å². The number of aromatic nitrogens is 1. The number of benzene rings is 1. The fraction of sp³-hybridized carbons (Fsp3) is 0.429. The van der Waals surface area contributed by atoms with Gasteiger partial charge in [-0.2, -0.15) is 0 Å². The van der Waals surface area contributed by atoms with Crippen LogP contribution in [0.2, 0.25) is 0 Å². The molecule has 1 unspecified atom stereocenters. The molecule has 0 spiro atoms. The Morgan fingerprint density at radius 1 is 1.18 bits per heavy atom. The van der Waals surface area contributed by atoms with Crippen molar-refractivity contribution in [3.05, 3.63) is 36.4 Å². The van der Waals surface area contributed by atoms with E-state index in [2.05, 4.69) is 15.8 Å². The van der Waals surface area contributed by atoms with Crippen molar-refractivity contribution in [2.24, 2.45) is 5.41 Å². The number of hydrazine groups is 1. The second-order valence-electron chi connectivity index (χ2n) is 7.73. The number of likely N-dealkylation sites (tertiary alicyclic amines) is 1. The van der Waals surface area contributed by atoms with Crippen molar-refractivity contribution in [1.82, 2.24) is 15.3 Å². The van der Waals surface area contributed by atoms with Crippen LogP contribution in [0.4, 0.5) is 5.82 Å². The molecule has 0 radical (unpaired) electrons. The fourth-order valence-corrected chi connectivity index (χ4v) is 3.21. The van der Waals surface area contributed by atoms with Gasteiger partial charge < -0.3 is 4.90 Å². The summed E-state index contributed by atoms with van der Waals surface area (Å²) in [5.74, 6) is -0.860. The molecule has 1 saturated heterocycles. The minimum atomic E-state index is -0.728. The SMILES string of the molecule is CCC(C)(C)C(=O)C(=O)N1CCCC1C(=O)NNc1ccc2ccccc2n1. The lowest BCUT2D eigenvalue weighted by Gasteiger charge is -2.27. The highest BCUT2D eigenvalue weighted by molar-refractivity contribution is 6.38. The van der Waals surface area contributed by atoms with Crippen LogP contribution in [0, 0.1) is 5.41 Å². The molecule has 2 aromatic rings. The number of para-hydroxylation sites is 1. The molecular formula is C21H26N4O3. The van der Waals surface area contributed by atoms with Gasteiger partial charge in [0, 0.05) is 17.3 Å². The van der Waals surface area contributed by atoms with E-state index < -0.39 is 23.1 Å². The molecule has 1 atom stereocenters. The van der Waals surface area contributed by atoms with Crippen molar-refractivity contribution in [2.45, 2.75) is 46.1 Å². The second kappa shape index (κ2) is 7.96. The van der Waals surface area contributed by atoms with Gasteiger partial charge in [-0.25, -0.2) is 4.98 Å². The Hall–Kier alpha value is -2.96. The molecule has 1 fully saturated rings. The van der Waals surface area contributed by atoms with Gasteiger partial charge in [0.05, 0.1) is 5.52 Å². The largest absolute Gasteiger partial charge is 0.324 e. The molecule has 1 aliphatic rings. The number of ketones is 1. The molecule has 2 N–H and O–H groups in total. The van der Waals surface area contributed by atoms with E-state index in [4.69, 9.17) is 0 Å². The summed E-state index contributed by atoms with van der Waals surface area (Å²) in [5, 5.41) is 1.00. The third-order valence-electron chi connectivity index (χ3n) is 5.42. The number of carbonyl (C=O) groups excluding carboxylic acids is 3. The predicted octanol–water partition coefficient (Wildman–Crippen LogP) is 2.67. The number of amides is 2. The van der Waals surface area contributed by atoms with Gasteiger partial charge in [-0.1, -0.05) is 39.0 Å². The van der Waals surface area contributed by atoms with Crippen molar-refractivity contribution >= 4 is 34.3 Å². The third kappa shape index (κ3) is 3.98. The van der Waals surface area contributed by atoms with Crippen molar-refractivity contribution in [3.63, 3.8) is 0 Å². The summed E-state index contributed by atoms with van der Waals surface area (Å²) in [5.41, 5.74) is 5.52. The normalized spacial score (nSPS) is 16.8. The zero-order valence-electron chi connectivity index (χ0n) is 16.5. The standard InChI is InChI=1S/C21H26N4O3/c1-4-21(2,3)18(26)20(28)25-13-7-10-16(25)19(27)24-23-17-12-11-14-8-5-6-9-15(14)22-17/h5-6,8-9,11-12,16H,4,7,10,13H2,1-3H3,(H,22,23)(H,24,27). The van der Waals surface area contributed by atoms with Crippen LogP contribution in [-0.2, 0) is 14.4 Å². The maximum absolute atomic E-state index is 12.7. The van der Waals surface area contributed by atoms with Crippen LogP contribution in [0.3, 0.4) is 0 Å². The quantitative estimate of drug-likeness (QED) is 0.592. The first kappa shape index (κ1) is 19.8. The smallest absolute Gasteiger partial charge is 0.291 e. The summed E-state index contributed by atoms with van der Waals surface area (Å²) in [6.45, 7) is 5.80. The van der Waals surface area contributed by atoms with Gasteiger partial charge in [0.25, 0.3) is 11.8 Å². The Balaban J connectivity index is 1.65. The van der Waals surface area contributed by atoms with Gasteiger partial charge >= 0.3 is 0 Å². The average Bonchev–Trinajstić information content (AvgIpc) is 3.20. The number of nitrogens with one attached hydrogen (secondary N) is 2. The Morgan fingerprint density at radius 3 is 2.68 bits per heavy atom. The predicted molar refractivity (Wildman–Crippen MR) is 107 cm³/mol. The van der Waals surface area contributed by atoms with E-state index >= 15 is 0 Å². The Morgan fingerprint density at radius 2 is 1.93 bits per heavy atom. The molecule has 2 heterocycles. The van der Waals surface area contributed by atoms with E-state index in [1.54, 1.807) is 19.9 Å². The summed E-state index contributed by atoms with van der Waals surface area (Å²) in [7, 11) is 0. The third-order valence-corrected chi connectivity index (χ3v) is 5.42. The van der Waals surface area contributed by atoms with Crippen LogP contribution in [-0.4, -0.2) is 40.1 Å². The first-order valence-electron chi connectivity index (χ1n) is 9.60. The molecule has 0 saturated carbocycles. The molecule has 0 aliphatic carbocycles. The van der Waals surface area contributed by atoms with Crippen molar-refractivity contribution in [1.29, 1.82) is 0 Å². The first-order chi connectivity index (χ1) is 13.3. The topological polar surface area (TPSA) is 91.4 Å². The molecule has 3 rings (SSSR count). The number of nitrogens with zero attached hydrogens (tertiary/aromatic N) is 2. The molecule has 148 valence electrons. The van der Waals surface area contributed by atoms with E-state index in [1.165, 1.54) is 4.90 Å². The van der Waals surface area contributed by atoms with Crippen LogP contribution < -0.4 is 10.9 Å². The molecule has 1 aliphatic heterocycles. The molecular weight excluding hydrogens is 356 g/mol. The summed E-state index contributed by atoms with van der Waals surface area (Å²) < 4.78 is 0. The molecule has 1 aromatic heterocycles. The summed E-state index contributed by atoms with van der Waals surface area (Å²) in [6.07, 6.45) is 1.79. The average molecular weight is 382 g/mol. The van der Waals surface area contributed by atoms with E-state index in [0.717, 1.165) is 10.9 Å². The molecule has 2 amide bonds. The number of fused-ring (bicyclic) bond motifs is 1. The lowest BCUT2D eigenvalue weighted by Crippen LogP contribution is -2.51. The Bertz CT molecular complexity index is 909. The van der Waals surface area contributed by atoms with Crippen molar-refractivity contribution in [2.75, 3.05) is 12.0 Å². The van der Waals surface area contributed by atoms with E-state index in [-0.39, 0.29) is 5.91 Å². The lowest BCUT2D eigenvalue weighted by molar-refractivity contribution is -0.151. The maximum Gasteiger partial charge on any atom is 0.291 e. The monoisotopic (exact) mass is 382 g/mol. The zero-order valence-corrected chi connectivity index (χ0v) is 16.5. The van der Waals surface area contributed by atoms with Crippen LogP contribution >= 0.6 is 0 Å². The number of anilines is 1. The number of hydrogen-bond acceptors (Lipinski definition) is 5. The zero-order chi connectivity index (χ0) is 20.3.